The number of carbonyl (C=O) groups is 1. The van der Waals surface area contributed by atoms with Crippen LogP contribution in [0.4, 0.5) is 10.5 Å². The van der Waals surface area contributed by atoms with E-state index in [2.05, 4.69) is 6.92 Å². The fourth-order valence-corrected chi connectivity index (χ4v) is 3.64. The summed E-state index contributed by atoms with van der Waals surface area (Å²) in [5, 5.41) is 0. The second-order valence-electron chi connectivity index (χ2n) is 8.44. The Morgan fingerprint density at radius 1 is 1.43 bits per heavy atom. The smallest absolute Gasteiger partial charge is 0.414 e. The summed E-state index contributed by atoms with van der Waals surface area (Å²) in [5.74, 6) is 1.48. The summed E-state index contributed by atoms with van der Waals surface area (Å²) in [7, 11) is 0. The minimum Gasteiger partial charge on any atom is -0.443 e. The predicted molar refractivity (Wildman–Crippen MR) is 88.3 cm³/mol. The number of fused-ring (bicyclic) bond motifs is 3. The number of pyridine rings is 1. The van der Waals surface area contributed by atoms with E-state index in [9.17, 15) is 4.79 Å². The van der Waals surface area contributed by atoms with Gasteiger partial charge in [-0.15, -0.1) is 0 Å². The summed E-state index contributed by atoms with van der Waals surface area (Å²) in [6, 6.07) is 4.00. The first-order chi connectivity index (χ1) is 10.7. The molecule has 0 spiro atoms. The number of amides is 1. The quantitative estimate of drug-likeness (QED) is 0.864. The highest BCUT2D eigenvalue weighted by Gasteiger charge is 2.53. The van der Waals surface area contributed by atoms with Gasteiger partial charge in [0.05, 0.1) is 22.6 Å². The third-order valence-electron chi connectivity index (χ3n) is 5.34. The molecular formula is C18H25N3O2. The number of ether oxygens (including phenoxy) is 1. The van der Waals surface area contributed by atoms with E-state index in [1.54, 1.807) is 4.90 Å². The molecule has 2 heterocycles. The van der Waals surface area contributed by atoms with E-state index in [1.165, 1.54) is 0 Å². The first-order valence-electron chi connectivity index (χ1n) is 8.50. The normalized spacial score (nSPS) is 34.5. The molecule has 1 aromatic heterocycles. The molecule has 0 bridgehead atoms. The SMILES string of the molecule is CC1CC1(N)c1ccc2c(n1)C1CC1CN2C(=O)OC(C)(C)C. The van der Waals surface area contributed by atoms with Gasteiger partial charge >= 0.3 is 6.09 Å². The number of anilines is 1. The van der Waals surface area contributed by atoms with Gasteiger partial charge in [-0.1, -0.05) is 6.92 Å². The van der Waals surface area contributed by atoms with Gasteiger partial charge in [0.2, 0.25) is 0 Å². The number of carbonyl (C=O) groups excluding carboxylic acids is 1. The monoisotopic (exact) mass is 315 g/mol. The molecule has 4 unspecified atom stereocenters. The van der Waals surface area contributed by atoms with E-state index in [0.717, 1.165) is 36.5 Å². The molecule has 5 nitrogen and oxygen atoms in total. The average Bonchev–Trinajstić information content (AvgIpc) is 3.33. The van der Waals surface area contributed by atoms with Gasteiger partial charge in [0.1, 0.15) is 5.60 Å². The van der Waals surface area contributed by atoms with E-state index in [-0.39, 0.29) is 11.6 Å². The number of rotatable bonds is 1. The van der Waals surface area contributed by atoms with Crippen LogP contribution in [0.15, 0.2) is 12.1 Å². The zero-order valence-corrected chi connectivity index (χ0v) is 14.3. The second kappa shape index (κ2) is 4.47. The maximum atomic E-state index is 12.5. The Morgan fingerprint density at radius 2 is 2.13 bits per heavy atom. The maximum absolute atomic E-state index is 12.5. The van der Waals surface area contributed by atoms with Gasteiger partial charge in [0.25, 0.3) is 0 Å². The number of nitrogens with two attached hydrogens (primary N) is 1. The molecule has 23 heavy (non-hydrogen) atoms. The molecule has 3 aliphatic rings. The highest BCUT2D eigenvalue weighted by Crippen LogP contribution is 2.55. The highest BCUT2D eigenvalue weighted by molar-refractivity contribution is 5.90. The Hall–Kier alpha value is -1.62. The fraction of sp³-hybridized carbons (Fsp3) is 0.667. The summed E-state index contributed by atoms with van der Waals surface area (Å²) in [5.41, 5.74) is 8.56. The van der Waals surface area contributed by atoms with Crippen LogP contribution in [0.5, 0.6) is 0 Å². The maximum Gasteiger partial charge on any atom is 0.414 e. The molecule has 4 rings (SSSR count). The molecule has 2 aliphatic carbocycles. The molecule has 1 aliphatic heterocycles. The number of aromatic nitrogens is 1. The van der Waals surface area contributed by atoms with Gasteiger partial charge in [0.15, 0.2) is 0 Å². The molecule has 2 N–H and O–H groups in total. The van der Waals surface area contributed by atoms with E-state index >= 15 is 0 Å². The van der Waals surface area contributed by atoms with Crippen LogP contribution in [-0.2, 0) is 10.3 Å². The second-order valence-corrected chi connectivity index (χ2v) is 8.44. The van der Waals surface area contributed by atoms with Gasteiger partial charge in [-0.25, -0.2) is 4.79 Å². The Balaban J connectivity index is 1.66. The third-order valence-corrected chi connectivity index (χ3v) is 5.34. The summed E-state index contributed by atoms with van der Waals surface area (Å²) in [6.45, 7) is 8.57. The molecule has 2 saturated carbocycles. The molecule has 5 heteroatoms. The summed E-state index contributed by atoms with van der Waals surface area (Å²) in [6.07, 6.45) is 1.82. The predicted octanol–water partition coefficient (Wildman–Crippen LogP) is 3.13. The zero-order chi connectivity index (χ0) is 16.6. The van der Waals surface area contributed by atoms with Gasteiger partial charge < -0.3 is 10.5 Å². The molecule has 124 valence electrons. The van der Waals surface area contributed by atoms with E-state index in [4.69, 9.17) is 15.5 Å². The summed E-state index contributed by atoms with van der Waals surface area (Å²) < 4.78 is 5.56. The highest BCUT2D eigenvalue weighted by atomic mass is 16.6. The Labute approximate surface area is 137 Å². The molecule has 0 radical (unpaired) electrons. The lowest BCUT2D eigenvalue weighted by atomic mass is 10.0. The standard InChI is InChI=1S/C18H25N3O2/c1-10-8-18(10,19)14-6-5-13-15(20-14)12-7-11(12)9-21(13)16(22)23-17(2,3)4/h5-6,10-12H,7-9,19H2,1-4H3. The van der Waals surface area contributed by atoms with Gasteiger partial charge in [-0.2, -0.15) is 0 Å². The zero-order valence-electron chi connectivity index (χ0n) is 14.3. The van der Waals surface area contributed by atoms with Crippen molar-refractivity contribution in [3.63, 3.8) is 0 Å². The van der Waals surface area contributed by atoms with E-state index in [1.807, 2.05) is 32.9 Å². The van der Waals surface area contributed by atoms with Crippen LogP contribution in [0, 0.1) is 11.8 Å². The topological polar surface area (TPSA) is 68.5 Å². The van der Waals surface area contributed by atoms with Crippen molar-refractivity contribution in [1.29, 1.82) is 0 Å². The van der Waals surface area contributed by atoms with Crippen LogP contribution < -0.4 is 10.6 Å². The van der Waals surface area contributed by atoms with Crippen molar-refractivity contribution in [3.05, 3.63) is 23.5 Å². The molecule has 1 aromatic rings. The first-order valence-corrected chi connectivity index (χ1v) is 8.50. The minimum atomic E-state index is -0.490. The van der Waals surface area contributed by atoms with Crippen LogP contribution in [0.3, 0.4) is 0 Å². The number of hydrogen-bond acceptors (Lipinski definition) is 4. The Bertz CT molecular complexity index is 681. The summed E-state index contributed by atoms with van der Waals surface area (Å²) in [4.78, 5) is 19.2. The number of hydrogen-bond donors (Lipinski definition) is 1. The molecule has 1 amide bonds. The lowest BCUT2D eigenvalue weighted by molar-refractivity contribution is 0.0576. The van der Waals surface area contributed by atoms with E-state index < -0.39 is 5.60 Å². The molecule has 0 saturated heterocycles. The van der Waals surface area contributed by atoms with Crippen LogP contribution >= 0.6 is 0 Å². The molecule has 4 atom stereocenters. The third kappa shape index (κ3) is 2.42. The van der Waals surface area contributed by atoms with Gasteiger partial charge in [-0.05, 0) is 57.6 Å². The van der Waals surface area contributed by atoms with Crippen molar-refractivity contribution < 1.29 is 9.53 Å². The van der Waals surface area contributed by atoms with Gasteiger partial charge in [0, 0.05) is 12.5 Å². The molecular weight excluding hydrogens is 290 g/mol. The summed E-state index contributed by atoms with van der Waals surface area (Å²) >= 11 is 0. The van der Waals surface area contributed by atoms with Crippen LogP contribution in [-0.4, -0.2) is 23.2 Å². The lowest BCUT2D eigenvalue weighted by Gasteiger charge is -2.31. The van der Waals surface area contributed by atoms with Crippen molar-refractivity contribution >= 4 is 11.8 Å². The fourth-order valence-electron chi connectivity index (χ4n) is 3.64. The molecule has 2 fully saturated rings. The van der Waals surface area contributed by atoms with Crippen LogP contribution in [0.25, 0.3) is 0 Å². The van der Waals surface area contributed by atoms with Crippen LogP contribution in [0.1, 0.15) is 57.8 Å². The largest absolute Gasteiger partial charge is 0.443 e. The average molecular weight is 315 g/mol. The molecule has 0 aromatic carbocycles. The first kappa shape index (κ1) is 14.9. The Morgan fingerprint density at radius 3 is 2.74 bits per heavy atom. The van der Waals surface area contributed by atoms with Crippen molar-refractivity contribution in [3.8, 4) is 0 Å². The van der Waals surface area contributed by atoms with Crippen molar-refractivity contribution in [2.45, 2.75) is 57.6 Å². The Kier molecular flexibility index (Phi) is 2.90. The minimum absolute atomic E-state index is 0.270. The van der Waals surface area contributed by atoms with Crippen LogP contribution in [0.2, 0.25) is 0 Å². The van der Waals surface area contributed by atoms with E-state index in [0.29, 0.717) is 17.8 Å². The van der Waals surface area contributed by atoms with Crippen molar-refractivity contribution in [2.75, 3.05) is 11.4 Å². The van der Waals surface area contributed by atoms with Gasteiger partial charge in [-0.3, -0.25) is 9.88 Å². The van der Waals surface area contributed by atoms with Crippen molar-refractivity contribution in [2.24, 2.45) is 17.6 Å². The van der Waals surface area contributed by atoms with Crippen molar-refractivity contribution in [1.82, 2.24) is 4.98 Å². The number of nitrogens with zero attached hydrogens (tertiary/aromatic N) is 2. The lowest BCUT2D eigenvalue weighted by Crippen LogP contribution is -2.40.